The number of hydrogen-bond acceptors (Lipinski definition) is 3. The molecule has 3 heteroatoms. The van der Waals surface area contributed by atoms with E-state index in [1.165, 1.54) is 18.2 Å². The lowest BCUT2D eigenvalue weighted by Gasteiger charge is -2.18. The minimum atomic E-state index is -0.264. The van der Waals surface area contributed by atoms with Crippen LogP contribution < -0.4 is 5.32 Å². The molecule has 0 bridgehead atoms. The predicted molar refractivity (Wildman–Crippen MR) is 88.0 cm³/mol. The Kier molecular flexibility index (Phi) is 7.48. The van der Waals surface area contributed by atoms with Crippen LogP contribution in [0.3, 0.4) is 0 Å². The summed E-state index contributed by atoms with van der Waals surface area (Å²) in [5.74, 6) is -0.0118. The van der Waals surface area contributed by atoms with Crippen molar-refractivity contribution in [2.24, 2.45) is 5.92 Å². The van der Waals surface area contributed by atoms with Crippen LogP contribution in [0.15, 0.2) is 42.5 Å². The second-order valence-corrected chi connectivity index (χ2v) is 5.30. The molecule has 3 nitrogen and oxygen atoms in total. The topological polar surface area (TPSA) is 38.3 Å². The lowest BCUT2D eigenvalue weighted by atomic mass is 10.0. The molecular weight excluding hydrogens is 262 g/mol. The quantitative estimate of drug-likeness (QED) is 0.617. The molecule has 0 aromatic heterocycles. The van der Waals surface area contributed by atoms with Crippen LogP contribution in [-0.2, 0) is 9.53 Å². The van der Waals surface area contributed by atoms with Gasteiger partial charge in [0, 0.05) is 6.54 Å². The molecule has 0 fully saturated rings. The molecular formula is C18H25NO2. The Morgan fingerprint density at radius 2 is 2.00 bits per heavy atom. The van der Waals surface area contributed by atoms with Crippen LogP contribution in [-0.4, -0.2) is 25.7 Å². The van der Waals surface area contributed by atoms with E-state index in [-0.39, 0.29) is 17.9 Å². The van der Waals surface area contributed by atoms with Gasteiger partial charge >= 0.3 is 5.97 Å². The largest absolute Gasteiger partial charge is 0.468 e. The number of methoxy groups -OCH3 is 1. The summed E-state index contributed by atoms with van der Waals surface area (Å²) in [6.45, 7) is 6.72. The zero-order chi connectivity index (χ0) is 15.7. The molecule has 0 aliphatic heterocycles. The lowest BCUT2D eigenvalue weighted by molar-refractivity contribution is -0.144. The van der Waals surface area contributed by atoms with Crippen LogP contribution in [0.2, 0.25) is 0 Å². The Hall–Kier alpha value is -1.87. The van der Waals surface area contributed by atoms with E-state index in [9.17, 15) is 4.79 Å². The lowest BCUT2D eigenvalue weighted by Crippen LogP contribution is -2.41. The molecule has 0 amide bonds. The number of carbonyl (C=O) groups is 1. The van der Waals surface area contributed by atoms with Gasteiger partial charge in [-0.05, 0) is 24.0 Å². The number of aryl methyl sites for hydroxylation is 1. The first-order valence-corrected chi connectivity index (χ1v) is 7.26. The summed E-state index contributed by atoms with van der Waals surface area (Å²) in [5, 5.41) is 3.18. The van der Waals surface area contributed by atoms with E-state index in [1.54, 1.807) is 0 Å². The molecule has 0 saturated heterocycles. The second-order valence-electron chi connectivity index (χ2n) is 5.30. The smallest absolute Gasteiger partial charge is 0.323 e. The third kappa shape index (κ3) is 5.96. The number of allylic oxidation sites excluding steroid dienone is 2. The first-order valence-electron chi connectivity index (χ1n) is 7.26. The molecule has 1 rings (SSSR count). The fourth-order valence-electron chi connectivity index (χ4n) is 1.99. The Bertz CT molecular complexity index is 504. The standard InChI is InChI=1S/C18H25NO2/c1-14(2)17(18(20)21-4)19-13-9-5-6-11-16-12-8-7-10-15(16)3/h5-12,14,17,19H,13H2,1-4H3/b9-5+,11-6+. The van der Waals surface area contributed by atoms with Gasteiger partial charge in [-0.3, -0.25) is 4.79 Å². The number of hydrogen-bond donors (Lipinski definition) is 1. The summed E-state index contributed by atoms with van der Waals surface area (Å²) in [5.41, 5.74) is 2.47. The third-order valence-corrected chi connectivity index (χ3v) is 3.29. The van der Waals surface area contributed by atoms with Crippen LogP contribution >= 0.6 is 0 Å². The predicted octanol–water partition coefficient (Wildman–Crippen LogP) is 3.35. The van der Waals surface area contributed by atoms with Gasteiger partial charge in [0.05, 0.1) is 7.11 Å². The maximum absolute atomic E-state index is 11.6. The van der Waals surface area contributed by atoms with E-state index in [4.69, 9.17) is 4.74 Å². The van der Waals surface area contributed by atoms with Gasteiger partial charge in [-0.1, -0.05) is 62.4 Å². The first kappa shape index (κ1) is 17.2. The van der Waals surface area contributed by atoms with Crippen molar-refractivity contribution in [1.82, 2.24) is 5.32 Å². The van der Waals surface area contributed by atoms with Crippen molar-refractivity contribution in [3.05, 3.63) is 53.6 Å². The number of carbonyl (C=O) groups excluding carboxylic acids is 1. The molecule has 1 unspecified atom stereocenters. The van der Waals surface area contributed by atoms with E-state index < -0.39 is 0 Å². The van der Waals surface area contributed by atoms with Gasteiger partial charge in [0.25, 0.3) is 0 Å². The van der Waals surface area contributed by atoms with E-state index in [0.29, 0.717) is 6.54 Å². The van der Waals surface area contributed by atoms with E-state index in [2.05, 4.69) is 30.4 Å². The molecule has 21 heavy (non-hydrogen) atoms. The van der Waals surface area contributed by atoms with E-state index >= 15 is 0 Å². The molecule has 0 saturated carbocycles. The normalized spacial score (nSPS) is 13.2. The summed E-state index contributed by atoms with van der Waals surface area (Å²) in [6.07, 6.45) is 8.06. The van der Waals surface area contributed by atoms with Crippen LogP contribution in [0.25, 0.3) is 6.08 Å². The highest BCUT2D eigenvalue weighted by Gasteiger charge is 2.21. The third-order valence-electron chi connectivity index (χ3n) is 3.29. The van der Waals surface area contributed by atoms with Crippen molar-refractivity contribution in [1.29, 1.82) is 0 Å². The second kappa shape index (κ2) is 9.14. The Morgan fingerprint density at radius 1 is 1.29 bits per heavy atom. The number of benzene rings is 1. The highest BCUT2D eigenvalue weighted by Crippen LogP contribution is 2.08. The Morgan fingerprint density at radius 3 is 2.62 bits per heavy atom. The maximum Gasteiger partial charge on any atom is 0.323 e. The van der Waals surface area contributed by atoms with Crippen molar-refractivity contribution in [3.8, 4) is 0 Å². The maximum atomic E-state index is 11.6. The number of esters is 1. The summed E-state index contributed by atoms with van der Waals surface area (Å²) in [7, 11) is 1.42. The zero-order valence-corrected chi connectivity index (χ0v) is 13.3. The highest BCUT2D eigenvalue weighted by atomic mass is 16.5. The Labute approximate surface area is 127 Å². The average molecular weight is 287 g/mol. The van der Waals surface area contributed by atoms with Crippen molar-refractivity contribution < 1.29 is 9.53 Å². The summed E-state index contributed by atoms with van der Waals surface area (Å²) < 4.78 is 4.78. The van der Waals surface area contributed by atoms with Gasteiger partial charge in [0.15, 0.2) is 0 Å². The molecule has 1 N–H and O–H groups in total. The van der Waals surface area contributed by atoms with Crippen LogP contribution in [0.1, 0.15) is 25.0 Å². The minimum Gasteiger partial charge on any atom is -0.468 e. The monoisotopic (exact) mass is 287 g/mol. The average Bonchev–Trinajstić information content (AvgIpc) is 2.47. The molecule has 1 atom stereocenters. The van der Waals surface area contributed by atoms with Crippen molar-refractivity contribution in [3.63, 3.8) is 0 Å². The fourth-order valence-corrected chi connectivity index (χ4v) is 1.99. The van der Waals surface area contributed by atoms with E-state index in [1.807, 2.05) is 44.2 Å². The number of ether oxygens (including phenoxy) is 1. The summed E-state index contributed by atoms with van der Waals surface area (Å²) in [4.78, 5) is 11.6. The van der Waals surface area contributed by atoms with Gasteiger partial charge in [-0.2, -0.15) is 0 Å². The van der Waals surface area contributed by atoms with Crippen LogP contribution in [0, 0.1) is 12.8 Å². The number of rotatable bonds is 7. The van der Waals surface area contributed by atoms with Gasteiger partial charge in [0.2, 0.25) is 0 Å². The molecule has 0 aliphatic rings. The fraction of sp³-hybridized carbons (Fsp3) is 0.389. The minimum absolute atomic E-state index is 0.202. The van der Waals surface area contributed by atoms with Gasteiger partial charge in [-0.25, -0.2) is 0 Å². The molecule has 0 heterocycles. The first-order chi connectivity index (χ1) is 10.1. The van der Waals surface area contributed by atoms with Gasteiger partial charge < -0.3 is 10.1 Å². The number of nitrogens with one attached hydrogen (secondary N) is 1. The molecule has 114 valence electrons. The van der Waals surface area contributed by atoms with Gasteiger partial charge in [0.1, 0.15) is 6.04 Å². The van der Waals surface area contributed by atoms with Crippen molar-refractivity contribution in [2.75, 3.05) is 13.7 Å². The summed E-state index contributed by atoms with van der Waals surface area (Å²) >= 11 is 0. The highest BCUT2D eigenvalue weighted by molar-refractivity contribution is 5.75. The summed E-state index contributed by atoms with van der Waals surface area (Å²) in [6, 6.07) is 7.98. The molecule has 1 aromatic carbocycles. The molecule has 0 radical (unpaired) electrons. The van der Waals surface area contributed by atoms with Crippen LogP contribution in [0.4, 0.5) is 0 Å². The van der Waals surface area contributed by atoms with E-state index in [0.717, 1.165) is 0 Å². The van der Waals surface area contributed by atoms with Gasteiger partial charge in [-0.15, -0.1) is 0 Å². The molecule has 1 aromatic rings. The van der Waals surface area contributed by atoms with Crippen molar-refractivity contribution in [2.45, 2.75) is 26.8 Å². The SMILES string of the molecule is COC(=O)C(NC/C=C/C=C/c1ccccc1C)C(C)C. The van der Waals surface area contributed by atoms with Crippen molar-refractivity contribution >= 4 is 12.0 Å². The molecule has 0 spiro atoms. The zero-order valence-electron chi connectivity index (χ0n) is 13.3. The molecule has 0 aliphatic carbocycles. The van der Waals surface area contributed by atoms with Crippen LogP contribution in [0.5, 0.6) is 0 Å². The Balaban J connectivity index is 2.45.